The zero-order valence-electron chi connectivity index (χ0n) is 21.0. The molecule has 7 nitrogen and oxygen atoms in total. The van der Waals surface area contributed by atoms with Gasteiger partial charge in [-0.15, -0.1) is 0 Å². The van der Waals surface area contributed by atoms with Crippen LogP contribution in [0.15, 0.2) is 117 Å². The summed E-state index contributed by atoms with van der Waals surface area (Å²) in [5.41, 5.74) is 1.89. The summed E-state index contributed by atoms with van der Waals surface area (Å²) < 4.78 is 19.5. The first kappa shape index (κ1) is 27.2. The smallest absolute Gasteiger partial charge is 0.283 e. The summed E-state index contributed by atoms with van der Waals surface area (Å²) in [7, 11) is 1.53. The Labute approximate surface area is 242 Å². The molecule has 0 bridgehead atoms. The fourth-order valence-electron chi connectivity index (χ4n) is 3.92. The van der Waals surface area contributed by atoms with E-state index in [0.29, 0.717) is 33.3 Å². The molecule has 1 aliphatic rings. The number of nitrogens with zero attached hydrogens (tertiary/aromatic N) is 1. The Morgan fingerprint density at radius 1 is 0.875 bits per heavy atom. The highest BCUT2D eigenvalue weighted by Crippen LogP contribution is 2.39. The predicted octanol–water partition coefficient (Wildman–Crippen LogP) is 6.84. The zero-order chi connectivity index (χ0) is 28.2. The van der Waals surface area contributed by atoms with Gasteiger partial charge < -0.3 is 15.4 Å². The van der Waals surface area contributed by atoms with Gasteiger partial charge in [-0.1, -0.05) is 33.8 Å². The fourth-order valence-corrected chi connectivity index (χ4v) is 5.17. The van der Waals surface area contributed by atoms with E-state index < -0.39 is 17.6 Å². The lowest BCUT2D eigenvalue weighted by atomic mass is 10.2. The lowest BCUT2D eigenvalue weighted by molar-refractivity contribution is -0.120. The Morgan fingerprint density at radius 3 is 2.25 bits per heavy atom. The molecular formula is C30H21BrFN3O4S. The molecule has 1 heterocycles. The monoisotopic (exact) mass is 617 g/mol. The first-order valence-electron chi connectivity index (χ1n) is 12.0. The number of thioether (sulfide) groups is 1. The van der Waals surface area contributed by atoms with Crippen molar-refractivity contribution in [1.29, 1.82) is 0 Å². The number of nitrogens with one attached hydrogen (secondary N) is 2. The third kappa shape index (κ3) is 5.93. The number of imide groups is 1. The van der Waals surface area contributed by atoms with Crippen molar-refractivity contribution in [3.63, 3.8) is 0 Å². The number of halogens is 2. The van der Waals surface area contributed by atoms with Gasteiger partial charge in [0.2, 0.25) is 0 Å². The quantitative estimate of drug-likeness (QED) is 0.211. The van der Waals surface area contributed by atoms with Crippen LogP contribution in [0.3, 0.4) is 0 Å². The maximum absolute atomic E-state index is 13.6. The number of amides is 3. The topological polar surface area (TPSA) is 87.7 Å². The van der Waals surface area contributed by atoms with E-state index in [4.69, 9.17) is 4.74 Å². The summed E-state index contributed by atoms with van der Waals surface area (Å²) in [4.78, 5) is 41.7. The molecule has 4 aromatic carbocycles. The molecule has 0 saturated carbocycles. The third-order valence-corrected chi connectivity index (χ3v) is 7.50. The van der Waals surface area contributed by atoms with Crippen molar-refractivity contribution in [3.05, 3.63) is 124 Å². The van der Waals surface area contributed by atoms with Crippen LogP contribution in [0.5, 0.6) is 5.75 Å². The van der Waals surface area contributed by atoms with Gasteiger partial charge >= 0.3 is 0 Å². The van der Waals surface area contributed by atoms with Crippen LogP contribution in [-0.2, 0) is 9.59 Å². The largest absolute Gasteiger partial charge is 0.497 e. The Morgan fingerprint density at radius 2 is 1.57 bits per heavy atom. The number of rotatable bonds is 8. The average Bonchev–Trinajstić information content (AvgIpc) is 3.18. The molecule has 10 heteroatoms. The number of anilines is 3. The van der Waals surface area contributed by atoms with E-state index in [9.17, 15) is 18.8 Å². The van der Waals surface area contributed by atoms with Gasteiger partial charge in [-0.25, -0.2) is 9.29 Å². The molecule has 0 radical (unpaired) electrons. The molecule has 2 N–H and O–H groups in total. The summed E-state index contributed by atoms with van der Waals surface area (Å²) in [5, 5.41) is 5.85. The number of benzene rings is 4. The van der Waals surface area contributed by atoms with Crippen LogP contribution in [0.2, 0.25) is 0 Å². The van der Waals surface area contributed by atoms with E-state index >= 15 is 0 Å². The van der Waals surface area contributed by atoms with Gasteiger partial charge in [0, 0.05) is 26.3 Å². The first-order valence-corrected chi connectivity index (χ1v) is 13.6. The van der Waals surface area contributed by atoms with E-state index in [1.54, 1.807) is 72.8 Å². The Balaban J connectivity index is 1.44. The van der Waals surface area contributed by atoms with Gasteiger partial charge in [-0.3, -0.25) is 14.4 Å². The second-order valence-corrected chi connectivity index (χ2v) is 10.6. The van der Waals surface area contributed by atoms with E-state index in [-0.39, 0.29) is 16.5 Å². The number of carbonyl (C=O) groups is 3. The third-order valence-electron chi connectivity index (χ3n) is 5.90. The molecule has 0 spiro atoms. The van der Waals surface area contributed by atoms with Gasteiger partial charge in [0.1, 0.15) is 22.2 Å². The number of ether oxygens (including phenoxy) is 1. The van der Waals surface area contributed by atoms with E-state index in [2.05, 4.69) is 26.6 Å². The van der Waals surface area contributed by atoms with Gasteiger partial charge in [-0.2, -0.15) is 0 Å². The molecule has 0 fully saturated rings. The number of methoxy groups -OCH3 is 1. The predicted molar refractivity (Wildman–Crippen MR) is 157 cm³/mol. The maximum atomic E-state index is 13.6. The second kappa shape index (κ2) is 11.8. The fraction of sp³-hybridized carbons (Fsp3) is 0.0333. The molecule has 200 valence electrons. The van der Waals surface area contributed by atoms with Crippen LogP contribution in [0.25, 0.3) is 0 Å². The molecule has 0 aliphatic carbocycles. The van der Waals surface area contributed by atoms with Crippen molar-refractivity contribution in [2.24, 2.45) is 0 Å². The van der Waals surface area contributed by atoms with E-state index in [1.807, 2.05) is 0 Å². The Kier molecular flexibility index (Phi) is 7.99. The van der Waals surface area contributed by atoms with Crippen molar-refractivity contribution in [2.75, 3.05) is 22.6 Å². The molecule has 0 atom stereocenters. The van der Waals surface area contributed by atoms with Crippen molar-refractivity contribution in [1.82, 2.24) is 0 Å². The summed E-state index contributed by atoms with van der Waals surface area (Å²) in [6, 6.07) is 26.0. The number of carbonyl (C=O) groups excluding carboxylic acids is 3. The van der Waals surface area contributed by atoms with E-state index in [1.165, 1.54) is 31.4 Å². The van der Waals surface area contributed by atoms with Crippen LogP contribution in [0.1, 0.15) is 10.4 Å². The molecule has 1 aliphatic heterocycles. The SMILES string of the molecule is COc1ccc(N2C(=O)C(Nc3ccc(F)cc3)=C(Sc3cccc(NC(=O)c4ccc(Br)cc4)c3)C2=O)cc1. The highest BCUT2D eigenvalue weighted by Gasteiger charge is 2.40. The van der Waals surface area contributed by atoms with Crippen LogP contribution in [-0.4, -0.2) is 24.8 Å². The second-order valence-electron chi connectivity index (χ2n) is 8.57. The minimum Gasteiger partial charge on any atom is -0.497 e. The summed E-state index contributed by atoms with van der Waals surface area (Å²) in [6.07, 6.45) is 0. The van der Waals surface area contributed by atoms with Gasteiger partial charge in [0.15, 0.2) is 0 Å². The van der Waals surface area contributed by atoms with Gasteiger partial charge in [0.25, 0.3) is 17.7 Å². The molecule has 40 heavy (non-hydrogen) atoms. The lowest BCUT2D eigenvalue weighted by Gasteiger charge is -2.15. The van der Waals surface area contributed by atoms with Gasteiger partial charge in [-0.05, 0) is 91.0 Å². The molecule has 0 unspecified atom stereocenters. The maximum Gasteiger partial charge on any atom is 0.283 e. The van der Waals surface area contributed by atoms with Crippen molar-refractivity contribution in [3.8, 4) is 5.75 Å². The van der Waals surface area contributed by atoms with Crippen LogP contribution >= 0.6 is 27.7 Å². The molecule has 4 aromatic rings. The number of hydrogen-bond donors (Lipinski definition) is 2. The minimum absolute atomic E-state index is 0.0572. The molecule has 0 aromatic heterocycles. The molecule has 5 rings (SSSR count). The average molecular weight is 618 g/mol. The zero-order valence-corrected chi connectivity index (χ0v) is 23.4. The minimum atomic E-state index is -0.554. The van der Waals surface area contributed by atoms with Crippen LogP contribution in [0.4, 0.5) is 21.5 Å². The first-order chi connectivity index (χ1) is 19.3. The standard InChI is InChI=1S/C30H21BrFN3O4S/c1-39-24-15-13-23(14-16-24)35-29(37)26(33-21-11-9-20(32)10-12-21)27(30(35)38)40-25-4-2-3-22(17-25)34-28(36)18-5-7-19(31)8-6-18/h2-17,33H,1H3,(H,34,36). The normalized spacial score (nSPS) is 13.0. The Bertz CT molecular complexity index is 1620. The summed E-state index contributed by atoms with van der Waals surface area (Å²) in [6.45, 7) is 0. The van der Waals surface area contributed by atoms with Gasteiger partial charge in [0.05, 0.1) is 12.8 Å². The highest BCUT2D eigenvalue weighted by atomic mass is 79.9. The van der Waals surface area contributed by atoms with Crippen LogP contribution < -0.4 is 20.3 Å². The summed E-state index contributed by atoms with van der Waals surface area (Å²) in [5.74, 6) is -1.21. The lowest BCUT2D eigenvalue weighted by Crippen LogP contribution is -2.32. The Hall–Kier alpha value is -4.41. The number of hydrogen-bond acceptors (Lipinski definition) is 6. The van der Waals surface area contributed by atoms with Crippen LogP contribution in [0, 0.1) is 5.82 Å². The highest BCUT2D eigenvalue weighted by molar-refractivity contribution is 9.10. The molecule has 0 saturated heterocycles. The van der Waals surface area contributed by atoms with Crippen molar-refractivity contribution >= 4 is 62.5 Å². The molecule has 3 amide bonds. The van der Waals surface area contributed by atoms with E-state index in [0.717, 1.165) is 21.1 Å². The molecular weight excluding hydrogens is 597 g/mol. The summed E-state index contributed by atoms with van der Waals surface area (Å²) >= 11 is 4.44. The van der Waals surface area contributed by atoms with Crippen molar-refractivity contribution in [2.45, 2.75) is 4.90 Å². The van der Waals surface area contributed by atoms with Crippen molar-refractivity contribution < 1.29 is 23.5 Å².